The number of carbonyl (C=O) groups excluding carboxylic acids is 1. The highest BCUT2D eigenvalue weighted by molar-refractivity contribution is 8.00. The third kappa shape index (κ3) is 4.45. The van der Waals surface area contributed by atoms with E-state index in [0.29, 0.717) is 18.2 Å². The van der Waals surface area contributed by atoms with E-state index in [2.05, 4.69) is 0 Å². The molecule has 16 heavy (non-hydrogen) atoms. The Bertz CT molecular complexity index is 318. The SMILES string of the molecule is CCN(CCCl)C(=O)CSc1ccccc1. The molecule has 0 radical (unpaired) electrons. The molecule has 0 N–H and O–H groups in total. The van der Waals surface area contributed by atoms with E-state index in [1.807, 2.05) is 37.3 Å². The first-order chi connectivity index (χ1) is 7.77. The van der Waals surface area contributed by atoms with Crippen molar-refractivity contribution in [2.45, 2.75) is 11.8 Å². The standard InChI is InChI=1S/C12H16ClNOS/c1-2-14(9-8-13)12(15)10-16-11-6-4-3-5-7-11/h3-7H,2,8-10H2,1H3. The van der Waals surface area contributed by atoms with E-state index >= 15 is 0 Å². The lowest BCUT2D eigenvalue weighted by Gasteiger charge is -2.19. The summed E-state index contributed by atoms with van der Waals surface area (Å²) in [5.74, 6) is 1.13. The molecule has 0 heterocycles. The van der Waals surface area contributed by atoms with E-state index < -0.39 is 0 Å². The Morgan fingerprint density at radius 1 is 1.38 bits per heavy atom. The summed E-state index contributed by atoms with van der Waals surface area (Å²) >= 11 is 7.20. The van der Waals surface area contributed by atoms with Gasteiger partial charge in [-0.3, -0.25) is 4.79 Å². The first-order valence-corrected chi connectivity index (χ1v) is 6.81. The molecular formula is C12H16ClNOS. The highest BCUT2D eigenvalue weighted by atomic mass is 35.5. The molecule has 0 fully saturated rings. The van der Waals surface area contributed by atoms with Crippen molar-refractivity contribution < 1.29 is 4.79 Å². The van der Waals surface area contributed by atoms with Gasteiger partial charge in [0.15, 0.2) is 0 Å². The molecule has 1 aromatic rings. The second-order valence-electron chi connectivity index (χ2n) is 3.26. The lowest BCUT2D eigenvalue weighted by molar-refractivity contribution is -0.127. The molecule has 0 saturated heterocycles. The average Bonchev–Trinajstić information content (AvgIpc) is 2.34. The van der Waals surface area contributed by atoms with Crippen molar-refractivity contribution in [1.82, 2.24) is 4.90 Å². The number of carbonyl (C=O) groups is 1. The molecule has 0 saturated carbocycles. The minimum Gasteiger partial charge on any atom is -0.341 e. The molecule has 0 aliphatic rings. The van der Waals surface area contributed by atoms with Gasteiger partial charge in [0.1, 0.15) is 0 Å². The van der Waals surface area contributed by atoms with Crippen molar-refractivity contribution >= 4 is 29.3 Å². The summed E-state index contributed by atoms with van der Waals surface area (Å²) in [4.78, 5) is 14.7. The molecule has 0 aliphatic heterocycles. The normalized spacial score (nSPS) is 10.1. The highest BCUT2D eigenvalue weighted by Crippen LogP contribution is 2.17. The molecule has 88 valence electrons. The van der Waals surface area contributed by atoms with Crippen LogP contribution in [0.5, 0.6) is 0 Å². The lowest BCUT2D eigenvalue weighted by atomic mass is 10.4. The fraction of sp³-hybridized carbons (Fsp3) is 0.417. The van der Waals surface area contributed by atoms with Gasteiger partial charge in [0.05, 0.1) is 5.75 Å². The first-order valence-electron chi connectivity index (χ1n) is 5.29. The number of rotatable bonds is 6. The van der Waals surface area contributed by atoms with E-state index in [1.54, 1.807) is 16.7 Å². The van der Waals surface area contributed by atoms with Crippen molar-refractivity contribution in [2.75, 3.05) is 24.7 Å². The van der Waals surface area contributed by atoms with E-state index in [-0.39, 0.29) is 5.91 Å². The molecule has 0 unspecified atom stereocenters. The number of halogens is 1. The molecule has 4 heteroatoms. The Kier molecular flexibility index (Phi) is 6.34. The molecule has 0 aromatic heterocycles. The number of alkyl halides is 1. The number of amides is 1. The summed E-state index contributed by atoms with van der Waals surface area (Å²) in [6.07, 6.45) is 0. The van der Waals surface area contributed by atoms with Crippen LogP contribution < -0.4 is 0 Å². The zero-order chi connectivity index (χ0) is 11.8. The molecule has 1 aromatic carbocycles. The van der Waals surface area contributed by atoms with Gasteiger partial charge in [0, 0.05) is 23.9 Å². The van der Waals surface area contributed by atoms with Gasteiger partial charge in [-0.2, -0.15) is 0 Å². The maximum absolute atomic E-state index is 11.8. The number of benzene rings is 1. The predicted molar refractivity (Wildman–Crippen MR) is 70.1 cm³/mol. The van der Waals surface area contributed by atoms with Crippen LogP contribution in [0, 0.1) is 0 Å². The van der Waals surface area contributed by atoms with Crippen LogP contribution in [-0.2, 0) is 4.79 Å². The fourth-order valence-electron chi connectivity index (χ4n) is 1.31. The van der Waals surface area contributed by atoms with E-state index in [9.17, 15) is 4.79 Å². The van der Waals surface area contributed by atoms with Gasteiger partial charge >= 0.3 is 0 Å². The quantitative estimate of drug-likeness (QED) is 0.577. The smallest absolute Gasteiger partial charge is 0.232 e. The Morgan fingerprint density at radius 3 is 2.62 bits per heavy atom. The topological polar surface area (TPSA) is 20.3 Å². The van der Waals surface area contributed by atoms with Crippen LogP contribution in [0.3, 0.4) is 0 Å². The van der Waals surface area contributed by atoms with Gasteiger partial charge in [-0.1, -0.05) is 18.2 Å². The molecular weight excluding hydrogens is 242 g/mol. The lowest BCUT2D eigenvalue weighted by Crippen LogP contribution is -2.33. The zero-order valence-corrected chi connectivity index (χ0v) is 10.9. The zero-order valence-electron chi connectivity index (χ0n) is 9.36. The first kappa shape index (κ1) is 13.4. The maximum atomic E-state index is 11.8. The summed E-state index contributed by atoms with van der Waals surface area (Å²) in [6, 6.07) is 9.94. The van der Waals surface area contributed by atoms with E-state index in [4.69, 9.17) is 11.6 Å². The van der Waals surface area contributed by atoms with Crippen LogP contribution in [0.2, 0.25) is 0 Å². The molecule has 0 spiro atoms. The van der Waals surface area contributed by atoms with Crippen LogP contribution in [-0.4, -0.2) is 35.5 Å². The van der Waals surface area contributed by atoms with E-state index in [0.717, 1.165) is 11.4 Å². The fourth-order valence-corrected chi connectivity index (χ4v) is 2.34. The molecule has 1 amide bonds. The summed E-state index contributed by atoms with van der Waals surface area (Å²) in [5.41, 5.74) is 0. The van der Waals surface area contributed by atoms with Crippen molar-refractivity contribution in [3.05, 3.63) is 30.3 Å². The molecule has 0 bridgehead atoms. The van der Waals surface area contributed by atoms with Gasteiger partial charge in [-0.05, 0) is 19.1 Å². The summed E-state index contributed by atoms with van der Waals surface area (Å²) in [6.45, 7) is 3.32. The molecule has 0 atom stereocenters. The van der Waals surface area contributed by atoms with Crippen molar-refractivity contribution in [3.63, 3.8) is 0 Å². The van der Waals surface area contributed by atoms with Crippen LogP contribution in [0.25, 0.3) is 0 Å². The second kappa shape index (κ2) is 7.58. The Hall–Kier alpha value is -0.670. The number of thioether (sulfide) groups is 1. The Balaban J connectivity index is 2.40. The Morgan fingerprint density at radius 2 is 2.06 bits per heavy atom. The van der Waals surface area contributed by atoms with Crippen molar-refractivity contribution in [1.29, 1.82) is 0 Å². The highest BCUT2D eigenvalue weighted by Gasteiger charge is 2.10. The van der Waals surface area contributed by atoms with Crippen molar-refractivity contribution in [3.8, 4) is 0 Å². The van der Waals surface area contributed by atoms with Crippen molar-refractivity contribution in [2.24, 2.45) is 0 Å². The minimum absolute atomic E-state index is 0.150. The average molecular weight is 258 g/mol. The maximum Gasteiger partial charge on any atom is 0.232 e. The number of nitrogens with zero attached hydrogens (tertiary/aromatic N) is 1. The summed E-state index contributed by atoms with van der Waals surface area (Å²) < 4.78 is 0. The van der Waals surface area contributed by atoms with Gasteiger partial charge in [0.2, 0.25) is 5.91 Å². The molecule has 1 rings (SSSR count). The minimum atomic E-state index is 0.150. The monoisotopic (exact) mass is 257 g/mol. The van der Waals surface area contributed by atoms with Crippen LogP contribution in [0.1, 0.15) is 6.92 Å². The van der Waals surface area contributed by atoms with Crippen LogP contribution >= 0.6 is 23.4 Å². The van der Waals surface area contributed by atoms with Gasteiger partial charge in [-0.15, -0.1) is 23.4 Å². The largest absolute Gasteiger partial charge is 0.341 e. The number of hydrogen-bond donors (Lipinski definition) is 0. The summed E-state index contributed by atoms with van der Waals surface area (Å²) in [7, 11) is 0. The van der Waals surface area contributed by atoms with Gasteiger partial charge in [0.25, 0.3) is 0 Å². The second-order valence-corrected chi connectivity index (χ2v) is 4.69. The van der Waals surface area contributed by atoms with E-state index in [1.165, 1.54) is 0 Å². The van der Waals surface area contributed by atoms with Crippen LogP contribution in [0.4, 0.5) is 0 Å². The van der Waals surface area contributed by atoms with Gasteiger partial charge < -0.3 is 4.90 Å². The van der Waals surface area contributed by atoms with Crippen LogP contribution in [0.15, 0.2) is 35.2 Å². The van der Waals surface area contributed by atoms with Gasteiger partial charge in [-0.25, -0.2) is 0 Å². The summed E-state index contributed by atoms with van der Waals surface area (Å²) in [5, 5.41) is 0. The number of hydrogen-bond acceptors (Lipinski definition) is 2. The molecule has 2 nitrogen and oxygen atoms in total. The third-order valence-corrected chi connectivity index (χ3v) is 3.36. The predicted octanol–water partition coefficient (Wildman–Crippen LogP) is 2.87. The third-order valence-electron chi connectivity index (χ3n) is 2.19. The Labute approximate surface area is 106 Å². The molecule has 0 aliphatic carbocycles.